The number of ether oxygens (including phenoxy) is 1. The van der Waals surface area contributed by atoms with Crippen LogP contribution in [-0.4, -0.2) is 6.54 Å². The summed E-state index contributed by atoms with van der Waals surface area (Å²) in [5.41, 5.74) is 7.21. The Labute approximate surface area is 122 Å². The Morgan fingerprint density at radius 2 is 2.00 bits per heavy atom. The third kappa shape index (κ3) is 1.81. The zero-order valence-corrected chi connectivity index (χ0v) is 11.8. The Morgan fingerprint density at radius 1 is 1.30 bits per heavy atom. The fourth-order valence-corrected chi connectivity index (χ4v) is 3.04. The summed E-state index contributed by atoms with van der Waals surface area (Å²) in [5.74, 6) is 0.0511. The molecule has 20 heavy (non-hydrogen) atoms. The molecule has 104 valence electrons. The van der Waals surface area contributed by atoms with Crippen LogP contribution in [0.15, 0.2) is 42.5 Å². The molecule has 0 aliphatic carbocycles. The maximum Gasteiger partial charge on any atom is 0.153 e. The summed E-state index contributed by atoms with van der Waals surface area (Å²) in [7, 11) is 0. The lowest BCUT2D eigenvalue weighted by Gasteiger charge is -2.32. The van der Waals surface area contributed by atoms with Crippen LogP contribution >= 0.6 is 11.6 Å². The van der Waals surface area contributed by atoms with Crippen LogP contribution in [0.25, 0.3) is 0 Å². The smallest absolute Gasteiger partial charge is 0.153 e. The van der Waals surface area contributed by atoms with Gasteiger partial charge in [-0.05, 0) is 11.6 Å². The van der Waals surface area contributed by atoms with Crippen molar-refractivity contribution in [3.05, 3.63) is 64.4 Å². The summed E-state index contributed by atoms with van der Waals surface area (Å²) in [6.45, 7) is 2.34. The third-order valence-electron chi connectivity index (χ3n) is 4.08. The van der Waals surface area contributed by atoms with Gasteiger partial charge < -0.3 is 10.5 Å². The highest BCUT2D eigenvalue weighted by Crippen LogP contribution is 2.50. The normalized spacial score (nSPS) is 24.3. The molecule has 0 aromatic heterocycles. The summed E-state index contributed by atoms with van der Waals surface area (Å²) < 4.78 is 19.7. The van der Waals surface area contributed by atoms with Crippen LogP contribution in [0.4, 0.5) is 4.39 Å². The van der Waals surface area contributed by atoms with E-state index in [2.05, 4.69) is 0 Å². The van der Waals surface area contributed by atoms with Gasteiger partial charge in [0.15, 0.2) is 5.60 Å². The Morgan fingerprint density at radius 3 is 2.65 bits per heavy atom. The summed E-state index contributed by atoms with van der Waals surface area (Å²) in [4.78, 5) is 0. The number of benzene rings is 2. The van der Waals surface area contributed by atoms with Crippen molar-refractivity contribution in [3.8, 4) is 5.75 Å². The van der Waals surface area contributed by atoms with Crippen molar-refractivity contribution in [3.63, 3.8) is 0 Å². The Bertz CT molecular complexity index is 646. The number of fused-ring (bicyclic) bond motifs is 1. The fourth-order valence-electron chi connectivity index (χ4n) is 2.87. The second-order valence-corrected chi connectivity index (χ2v) is 5.49. The minimum Gasteiger partial charge on any atom is -0.480 e. The van der Waals surface area contributed by atoms with E-state index < -0.39 is 11.4 Å². The van der Waals surface area contributed by atoms with Crippen LogP contribution in [0.3, 0.4) is 0 Å². The van der Waals surface area contributed by atoms with E-state index in [0.717, 1.165) is 11.1 Å². The maximum atomic E-state index is 13.6. The molecule has 0 saturated carbocycles. The van der Waals surface area contributed by atoms with Gasteiger partial charge in [0.2, 0.25) is 0 Å². The molecule has 0 bridgehead atoms. The summed E-state index contributed by atoms with van der Waals surface area (Å²) in [6.07, 6.45) is 0. The first kappa shape index (κ1) is 13.4. The average Bonchev–Trinajstić information content (AvgIpc) is 2.74. The van der Waals surface area contributed by atoms with Gasteiger partial charge in [0, 0.05) is 24.1 Å². The molecule has 2 aromatic carbocycles. The van der Waals surface area contributed by atoms with Gasteiger partial charge in [-0.1, -0.05) is 48.9 Å². The average molecular weight is 292 g/mol. The molecule has 2 atom stereocenters. The number of nitrogens with two attached hydrogens (primary N) is 1. The lowest BCUT2D eigenvalue weighted by Crippen LogP contribution is -2.41. The van der Waals surface area contributed by atoms with E-state index >= 15 is 0 Å². The van der Waals surface area contributed by atoms with Crippen LogP contribution in [-0.2, 0) is 5.60 Å². The summed E-state index contributed by atoms with van der Waals surface area (Å²) in [5, 5.41) is 0.111. The van der Waals surface area contributed by atoms with E-state index in [0.29, 0.717) is 12.3 Å². The lowest BCUT2D eigenvalue weighted by atomic mass is 9.80. The Hall–Kier alpha value is -1.58. The van der Waals surface area contributed by atoms with E-state index in [4.69, 9.17) is 22.1 Å². The molecule has 0 saturated heterocycles. The topological polar surface area (TPSA) is 35.2 Å². The molecule has 1 aliphatic heterocycles. The number of hydrogen-bond acceptors (Lipinski definition) is 2. The summed E-state index contributed by atoms with van der Waals surface area (Å²) in [6, 6.07) is 12.8. The molecule has 0 unspecified atom stereocenters. The molecule has 1 aliphatic rings. The first-order chi connectivity index (χ1) is 9.58. The van der Waals surface area contributed by atoms with Crippen molar-refractivity contribution in [2.45, 2.75) is 18.4 Å². The Balaban J connectivity index is 2.13. The van der Waals surface area contributed by atoms with Crippen molar-refractivity contribution in [2.75, 3.05) is 6.54 Å². The minimum absolute atomic E-state index is 0.00278. The van der Waals surface area contributed by atoms with Crippen molar-refractivity contribution in [1.29, 1.82) is 0 Å². The van der Waals surface area contributed by atoms with E-state index in [9.17, 15) is 4.39 Å². The van der Waals surface area contributed by atoms with Crippen molar-refractivity contribution < 1.29 is 9.13 Å². The second-order valence-electron chi connectivity index (χ2n) is 5.09. The van der Waals surface area contributed by atoms with E-state index in [1.165, 1.54) is 6.07 Å². The number of hydrogen-bond donors (Lipinski definition) is 1. The third-order valence-corrected chi connectivity index (χ3v) is 4.37. The first-order valence-electron chi connectivity index (χ1n) is 6.52. The van der Waals surface area contributed by atoms with Crippen LogP contribution in [0.2, 0.25) is 5.02 Å². The maximum absolute atomic E-state index is 13.6. The predicted molar refractivity (Wildman–Crippen MR) is 77.6 cm³/mol. The zero-order chi connectivity index (χ0) is 14.3. The second kappa shape index (κ2) is 4.76. The van der Waals surface area contributed by atoms with Gasteiger partial charge in [-0.25, -0.2) is 4.39 Å². The molecule has 3 rings (SSSR count). The monoisotopic (exact) mass is 291 g/mol. The first-order valence-corrected chi connectivity index (χ1v) is 6.90. The largest absolute Gasteiger partial charge is 0.480 e. The van der Waals surface area contributed by atoms with Crippen LogP contribution in [0.5, 0.6) is 5.75 Å². The van der Waals surface area contributed by atoms with Crippen LogP contribution < -0.4 is 10.5 Å². The van der Waals surface area contributed by atoms with Gasteiger partial charge in [-0.3, -0.25) is 0 Å². The predicted octanol–water partition coefficient (Wildman–Crippen LogP) is 3.83. The molecule has 0 fully saturated rings. The molecule has 0 radical (unpaired) electrons. The highest BCUT2D eigenvalue weighted by atomic mass is 35.5. The van der Waals surface area contributed by atoms with Gasteiger partial charge in [0.05, 0.1) is 5.02 Å². The standard InChI is InChI=1S/C16H15ClFNO/c1-10-12-7-13(17)14(18)8-15(12)20-16(10,9-19)11-5-3-2-4-6-11/h2-8,10H,9,19H2,1H3/t10-,16-/m0/s1. The van der Waals surface area contributed by atoms with Gasteiger partial charge in [0.25, 0.3) is 0 Å². The number of rotatable bonds is 2. The molecular weight excluding hydrogens is 277 g/mol. The molecule has 2 nitrogen and oxygen atoms in total. The number of halogens is 2. The van der Waals surface area contributed by atoms with Crippen molar-refractivity contribution in [1.82, 2.24) is 0 Å². The van der Waals surface area contributed by atoms with Crippen molar-refractivity contribution in [2.24, 2.45) is 5.73 Å². The molecule has 4 heteroatoms. The summed E-state index contributed by atoms with van der Waals surface area (Å²) >= 11 is 5.88. The van der Waals surface area contributed by atoms with Crippen LogP contribution in [0, 0.1) is 5.82 Å². The highest BCUT2D eigenvalue weighted by molar-refractivity contribution is 6.30. The van der Waals surface area contributed by atoms with E-state index in [1.54, 1.807) is 6.07 Å². The Kier molecular flexibility index (Phi) is 3.19. The van der Waals surface area contributed by atoms with Gasteiger partial charge in [-0.2, -0.15) is 0 Å². The molecule has 1 heterocycles. The van der Waals surface area contributed by atoms with Crippen LogP contribution in [0.1, 0.15) is 24.0 Å². The fraction of sp³-hybridized carbons (Fsp3) is 0.250. The molecule has 0 amide bonds. The van der Waals surface area contributed by atoms with Crippen molar-refractivity contribution >= 4 is 11.6 Å². The quantitative estimate of drug-likeness (QED) is 0.913. The SMILES string of the molecule is C[C@H]1c2cc(Cl)c(F)cc2O[C@]1(CN)c1ccccc1. The molecule has 2 aromatic rings. The minimum atomic E-state index is -0.666. The zero-order valence-electron chi connectivity index (χ0n) is 11.1. The van der Waals surface area contributed by atoms with E-state index in [-0.39, 0.29) is 10.9 Å². The molecular formula is C16H15ClFNO. The molecule has 2 N–H and O–H groups in total. The molecule has 0 spiro atoms. The van der Waals surface area contributed by atoms with E-state index in [1.807, 2.05) is 37.3 Å². The highest BCUT2D eigenvalue weighted by Gasteiger charge is 2.46. The lowest BCUT2D eigenvalue weighted by molar-refractivity contribution is 0.0800. The van der Waals surface area contributed by atoms with Gasteiger partial charge >= 0.3 is 0 Å². The van der Waals surface area contributed by atoms with Gasteiger partial charge in [-0.15, -0.1) is 0 Å². The van der Waals surface area contributed by atoms with Gasteiger partial charge in [0.1, 0.15) is 11.6 Å².